The van der Waals surface area contributed by atoms with Crippen LogP contribution < -0.4 is 14.5 Å². The molecule has 0 radical (unpaired) electrons. The molecule has 0 heterocycles. The molecule has 2 rings (SSSR count). The van der Waals surface area contributed by atoms with Gasteiger partial charge >= 0.3 is 0 Å². The lowest BCUT2D eigenvalue weighted by Gasteiger charge is -2.27. The third-order valence-corrected chi connectivity index (χ3v) is 5.49. The number of benzene rings is 1. The number of hydrogen-bond acceptors (Lipinski definition) is 5. The van der Waals surface area contributed by atoms with E-state index in [4.69, 9.17) is 4.74 Å². The lowest BCUT2D eigenvalue weighted by molar-refractivity contribution is -0.121. The summed E-state index contributed by atoms with van der Waals surface area (Å²) in [5, 5.41) is 4.18. The van der Waals surface area contributed by atoms with Crippen LogP contribution in [0.3, 0.4) is 0 Å². The fourth-order valence-corrected chi connectivity index (χ4v) is 4.14. The van der Waals surface area contributed by atoms with E-state index < -0.39 is 22.0 Å². The summed E-state index contributed by atoms with van der Waals surface area (Å²) in [7, 11) is -3.65. The summed E-state index contributed by atoms with van der Waals surface area (Å²) >= 11 is 0. The minimum absolute atomic E-state index is 0.406. The Bertz CT molecular complexity index is 736. The summed E-state index contributed by atoms with van der Waals surface area (Å²) in [5.74, 6) is 0.188. The molecule has 0 aromatic heterocycles. The van der Waals surface area contributed by atoms with E-state index >= 15 is 0 Å². The van der Waals surface area contributed by atoms with Gasteiger partial charge in [-0.25, -0.2) is 13.8 Å². The Labute approximate surface area is 155 Å². The van der Waals surface area contributed by atoms with Crippen molar-refractivity contribution in [2.24, 2.45) is 5.10 Å². The van der Waals surface area contributed by atoms with E-state index in [0.717, 1.165) is 42.0 Å². The SMILES string of the molecule is CCOc1ccc(N([C@@H](C)C(=O)NN=C2CCCCC2)S(C)(=O)=O)cc1. The van der Waals surface area contributed by atoms with Gasteiger partial charge in [0.15, 0.2) is 0 Å². The largest absolute Gasteiger partial charge is 0.494 e. The topological polar surface area (TPSA) is 88.1 Å². The molecule has 26 heavy (non-hydrogen) atoms. The van der Waals surface area contributed by atoms with Crippen LogP contribution in [0.4, 0.5) is 5.69 Å². The van der Waals surface area contributed by atoms with Crippen molar-refractivity contribution in [3.05, 3.63) is 24.3 Å². The van der Waals surface area contributed by atoms with E-state index in [0.29, 0.717) is 18.0 Å². The fraction of sp³-hybridized carbons (Fsp3) is 0.556. The van der Waals surface area contributed by atoms with Gasteiger partial charge in [0.2, 0.25) is 10.0 Å². The van der Waals surface area contributed by atoms with E-state index in [2.05, 4.69) is 10.5 Å². The first-order chi connectivity index (χ1) is 12.3. The van der Waals surface area contributed by atoms with Gasteiger partial charge in [-0.15, -0.1) is 0 Å². The van der Waals surface area contributed by atoms with Crippen LogP contribution in [0, 0.1) is 0 Å². The molecule has 1 aromatic carbocycles. The number of carbonyl (C=O) groups is 1. The minimum atomic E-state index is -3.65. The predicted molar refractivity (Wildman–Crippen MR) is 103 cm³/mol. The van der Waals surface area contributed by atoms with Crippen molar-refractivity contribution in [3.63, 3.8) is 0 Å². The molecule has 8 heteroatoms. The molecule has 1 fully saturated rings. The van der Waals surface area contributed by atoms with Crippen LogP contribution in [0.1, 0.15) is 46.0 Å². The van der Waals surface area contributed by atoms with Gasteiger partial charge in [-0.05, 0) is 63.8 Å². The number of amides is 1. The van der Waals surface area contributed by atoms with Crippen LogP contribution in [0.15, 0.2) is 29.4 Å². The zero-order valence-corrected chi connectivity index (χ0v) is 16.4. The molecule has 7 nitrogen and oxygen atoms in total. The first kappa shape index (κ1) is 20.2. The number of hydrazone groups is 1. The number of anilines is 1. The maximum atomic E-state index is 12.5. The van der Waals surface area contributed by atoms with Crippen LogP contribution in [-0.4, -0.2) is 38.9 Å². The van der Waals surface area contributed by atoms with Crippen molar-refractivity contribution >= 4 is 27.3 Å². The highest BCUT2D eigenvalue weighted by molar-refractivity contribution is 7.92. The Morgan fingerprint density at radius 3 is 2.38 bits per heavy atom. The number of nitrogens with one attached hydrogen (secondary N) is 1. The van der Waals surface area contributed by atoms with E-state index in [1.165, 1.54) is 6.42 Å². The summed E-state index contributed by atoms with van der Waals surface area (Å²) in [5.41, 5.74) is 3.89. The summed E-state index contributed by atoms with van der Waals surface area (Å²) in [6.07, 6.45) is 6.17. The molecule has 1 N–H and O–H groups in total. The van der Waals surface area contributed by atoms with E-state index in [1.54, 1.807) is 31.2 Å². The molecule has 0 spiro atoms. The second-order valence-corrected chi connectivity index (χ2v) is 8.24. The van der Waals surface area contributed by atoms with Crippen molar-refractivity contribution in [1.82, 2.24) is 5.43 Å². The second-order valence-electron chi connectivity index (χ2n) is 6.38. The van der Waals surface area contributed by atoms with Crippen molar-refractivity contribution in [1.29, 1.82) is 0 Å². The lowest BCUT2D eigenvalue weighted by Crippen LogP contribution is -2.47. The van der Waals surface area contributed by atoms with E-state index in [9.17, 15) is 13.2 Å². The maximum Gasteiger partial charge on any atom is 0.263 e. The van der Waals surface area contributed by atoms with Gasteiger partial charge in [0.25, 0.3) is 5.91 Å². The highest BCUT2D eigenvalue weighted by atomic mass is 32.2. The molecule has 1 aliphatic rings. The summed E-state index contributed by atoms with van der Waals surface area (Å²) in [6.45, 7) is 3.94. The molecule has 144 valence electrons. The molecular formula is C18H27N3O4S. The Morgan fingerprint density at radius 1 is 1.23 bits per heavy atom. The minimum Gasteiger partial charge on any atom is -0.494 e. The van der Waals surface area contributed by atoms with Crippen LogP contribution in [0.5, 0.6) is 5.75 Å². The van der Waals surface area contributed by atoms with Gasteiger partial charge in [-0.3, -0.25) is 9.10 Å². The monoisotopic (exact) mass is 381 g/mol. The van der Waals surface area contributed by atoms with Crippen molar-refractivity contribution in [2.75, 3.05) is 17.2 Å². The fourth-order valence-electron chi connectivity index (χ4n) is 2.96. The normalized spacial score (nSPS) is 15.9. The van der Waals surface area contributed by atoms with Gasteiger partial charge in [0.05, 0.1) is 18.6 Å². The van der Waals surface area contributed by atoms with Gasteiger partial charge in [0, 0.05) is 5.71 Å². The summed E-state index contributed by atoms with van der Waals surface area (Å²) in [4.78, 5) is 12.5. The molecule has 0 bridgehead atoms. The summed E-state index contributed by atoms with van der Waals surface area (Å²) in [6, 6.07) is 5.70. The van der Waals surface area contributed by atoms with Crippen LogP contribution >= 0.6 is 0 Å². The standard InChI is InChI=1S/C18H27N3O4S/c1-4-25-17-12-10-16(11-13-17)21(26(3,23)24)14(2)18(22)20-19-15-8-6-5-7-9-15/h10-14H,4-9H2,1-3H3,(H,20,22)/t14-/m0/s1. The van der Waals surface area contributed by atoms with Crippen molar-refractivity contribution in [2.45, 2.75) is 52.0 Å². The quantitative estimate of drug-likeness (QED) is 0.736. The van der Waals surface area contributed by atoms with Gasteiger partial charge in [-0.2, -0.15) is 5.10 Å². The van der Waals surface area contributed by atoms with Crippen molar-refractivity contribution in [3.8, 4) is 5.75 Å². The Morgan fingerprint density at radius 2 is 1.85 bits per heavy atom. The third kappa shape index (κ3) is 5.45. The third-order valence-electron chi connectivity index (χ3n) is 4.25. The number of sulfonamides is 1. The van der Waals surface area contributed by atoms with Gasteiger partial charge < -0.3 is 4.74 Å². The molecule has 1 amide bonds. The highest BCUT2D eigenvalue weighted by Crippen LogP contribution is 2.24. The molecule has 1 atom stereocenters. The average molecular weight is 381 g/mol. The molecule has 1 aliphatic carbocycles. The van der Waals surface area contributed by atoms with Crippen LogP contribution in [0.2, 0.25) is 0 Å². The first-order valence-electron chi connectivity index (χ1n) is 8.90. The molecular weight excluding hydrogens is 354 g/mol. The Balaban J connectivity index is 2.16. The zero-order chi connectivity index (χ0) is 19.2. The first-order valence-corrected chi connectivity index (χ1v) is 10.8. The van der Waals surface area contributed by atoms with Crippen molar-refractivity contribution < 1.29 is 17.9 Å². The summed E-state index contributed by atoms with van der Waals surface area (Å²) < 4.78 is 31.0. The Hall–Kier alpha value is -2.09. The highest BCUT2D eigenvalue weighted by Gasteiger charge is 2.29. The lowest BCUT2D eigenvalue weighted by atomic mass is 9.99. The number of carbonyl (C=O) groups excluding carboxylic acids is 1. The molecule has 1 aromatic rings. The van der Waals surface area contributed by atoms with Gasteiger partial charge in [-0.1, -0.05) is 6.42 Å². The number of rotatable bonds is 7. The van der Waals surface area contributed by atoms with E-state index in [-0.39, 0.29) is 0 Å². The van der Waals surface area contributed by atoms with Crippen LogP contribution in [-0.2, 0) is 14.8 Å². The van der Waals surface area contributed by atoms with Gasteiger partial charge in [0.1, 0.15) is 11.8 Å². The Kier molecular flexibility index (Phi) is 7.02. The molecule has 1 saturated carbocycles. The smallest absolute Gasteiger partial charge is 0.263 e. The number of hydrogen-bond donors (Lipinski definition) is 1. The maximum absolute atomic E-state index is 12.5. The zero-order valence-electron chi connectivity index (χ0n) is 15.6. The van der Waals surface area contributed by atoms with E-state index in [1.807, 2.05) is 6.92 Å². The average Bonchev–Trinajstić information content (AvgIpc) is 2.61. The molecule has 0 aliphatic heterocycles. The molecule has 0 saturated heterocycles. The number of ether oxygens (including phenoxy) is 1. The predicted octanol–water partition coefficient (Wildman–Crippen LogP) is 2.68. The second kappa shape index (κ2) is 9.02. The number of nitrogens with zero attached hydrogens (tertiary/aromatic N) is 2. The molecule has 0 unspecified atom stereocenters. The van der Waals surface area contributed by atoms with Crippen LogP contribution in [0.25, 0.3) is 0 Å².